The van der Waals surface area contributed by atoms with Gasteiger partial charge in [0.25, 0.3) is 5.91 Å². The summed E-state index contributed by atoms with van der Waals surface area (Å²) in [6.45, 7) is 0. The molecule has 0 aliphatic rings. The molecule has 27 heavy (non-hydrogen) atoms. The van der Waals surface area contributed by atoms with Gasteiger partial charge in [-0.25, -0.2) is 4.98 Å². The van der Waals surface area contributed by atoms with E-state index >= 15 is 0 Å². The third-order valence-electron chi connectivity index (χ3n) is 3.58. The quantitative estimate of drug-likeness (QED) is 0.594. The zero-order valence-electron chi connectivity index (χ0n) is 14.7. The molecule has 0 saturated heterocycles. The average molecular weight is 449 g/mol. The van der Waals surface area contributed by atoms with Crippen LogP contribution >= 0.6 is 27.3 Å². The first-order valence-corrected chi connectivity index (χ1v) is 9.66. The number of halogens is 1. The summed E-state index contributed by atoms with van der Waals surface area (Å²) in [7, 11) is 3.91. The van der Waals surface area contributed by atoms with Crippen LogP contribution in [0.4, 0.5) is 16.5 Å². The number of thiazole rings is 1. The third kappa shape index (κ3) is 5.18. The van der Waals surface area contributed by atoms with Crippen LogP contribution in [0.3, 0.4) is 0 Å². The van der Waals surface area contributed by atoms with Crippen LogP contribution in [0.15, 0.2) is 50.9 Å². The molecule has 2 heterocycles. The van der Waals surface area contributed by atoms with Gasteiger partial charge >= 0.3 is 0 Å². The summed E-state index contributed by atoms with van der Waals surface area (Å²) in [5.41, 5.74) is 2.35. The lowest BCUT2D eigenvalue weighted by Crippen LogP contribution is -2.15. The first-order chi connectivity index (χ1) is 12.9. The molecule has 0 unspecified atom stereocenters. The van der Waals surface area contributed by atoms with Crippen LogP contribution in [0, 0.1) is 0 Å². The second kappa shape index (κ2) is 8.36. The van der Waals surface area contributed by atoms with Crippen LogP contribution in [0.5, 0.6) is 0 Å². The number of carbonyl (C=O) groups excluding carboxylic acids is 2. The summed E-state index contributed by atoms with van der Waals surface area (Å²) in [6.07, 6.45) is 0.119. The molecule has 140 valence electrons. The van der Waals surface area contributed by atoms with E-state index in [-0.39, 0.29) is 18.1 Å². The SMILES string of the molecule is CN(C)c1ccc(NC(=O)Cc2csc(NC(=O)c3ccc(Br)o3)n2)cc1. The first kappa shape index (κ1) is 19.1. The summed E-state index contributed by atoms with van der Waals surface area (Å²) in [5, 5.41) is 7.63. The van der Waals surface area contributed by atoms with Gasteiger partial charge in [-0.3, -0.25) is 14.9 Å². The molecular formula is C18H17BrN4O3S. The Hall–Kier alpha value is -2.65. The Labute approximate surface area is 168 Å². The monoisotopic (exact) mass is 448 g/mol. The minimum atomic E-state index is -0.396. The van der Waals surface area contributed by atoms with Gasteiger partial charge in [0, 0.05) is 30.9 Å². The van der Waals surface area contributed by atoms with E-state index in [4.69, 9.17) is 4.42 Å². The summed E-state index contributed by atoms with van der Waals surface area (Å²) >= 11 is 4.40. The number of anilines is 3. The molecule has 0 aliphatic heterocycles. The molecule has 7 nitrogen and oxygen atoms in total. The number of carbonyl (C=O) groups is 2. The standard InChI is InChI=1S/C18H17BrN4O3S/c1-23(2)13-5-3-11(4-6-13)20-16(24)9-12-10-27-18(21-12)22-17(25)14-7-8-15(19)26-14/h3-8,10H,9H2,1-2H3,(H,20,24)(H,21,22,25). The molecule has 0 saturated carbocycles. The minimum Gasteiger partial charge on any atom is -0.444 e. The number of furan rings is 1. The van der Waals surface area contributed by atoms with Gasteiger partial charge in [-0.15, -0.1) is 11.3 Å². The van der Waals surface area contributed by atoms with Gasteiger partial charge in [0.2, 0.25) is 5.91 Å². The molecule has 2 amide bonds. The number of nitrogens with zero attached hydrogens (tertiary/aromatic N) is 2. The molecule has 0 spiro atoms. The Bertz CT molecular complexity index is 950. The van der Waals surface area contributed by atoms with Crippen molar-refractivity contribution in [2.75, 3.05) is 29.6 Å². The van der Waals surface area contributed by atoms with Crippen molar-refractivity contribution in [3.8, 4) is 0 Å². The third-order valence-corrected chi connectivity index (χ3v) is 4.81. The number of rotatable bonds is 6. The van der Waals surface area contributed by atoms with E-state index < -0.39 is 5.91 Å². The van der Waals surface area contributed by atoms with Crippen LogP contribution in [0.25, 0.3) is 0 Å². The molecule has 0 atom stereocenters. The zero-order valence-corrected chi connectivity index (χ0v) is 17.1. The lowest BCUT2D eigenvalue weighted by molar-refractivity contribution is -0.115. The highest BCUT2D eigenvalue weighted by Crippen LogP contribution is 2.20. The van der Waals surface area contributed by atoms with Crippen molar-refractivity contribution in [2.24, 2.45) is 0 Å². The lowest BCUT2D eigenvalue weighted by Gasteiger charge is -2.12. The average Bonchev–Trinajstić information content (AvgIpc) is 3.24. The number of nitrogens with one attached hydrogen (secondary N) is 2. The van der Waals surface area contributed by atoms with Gasteiger partial charge in [-0.2, -0.15) is 0 Å². The minimum absolute atomic E-state index is 0.119. The van der Waals surface area contributed by atoms with Crippen molar-refractivity contribution >= 4 is 55.6 Å². The van der Waals surface area contributed by atoms with E-state index in [9.17, 15) is 9.59 Å². The van der Waals surface area contributed by atoms with Gasteiger partial charge in [0.05, 0.1) is 12.1 Å². The maximum Gasteiger partial charge on any atom is 0.293 e. The molecular weight excluding hydrogens is 432 g/mol. The highest BCUT2D eigenvalue weighted by Gasteiger charge is 2.14. The van der Waals surface area contributed by atoms with E-state index in [0.717, 1.165) is 11.4 Å². The van der Waals surface area contributed by atoms with Gasteiger partial charge in [0.15, 0.2) is 15.6 Å². The predicted molar refractivity (Wildman–Crippen MR) is 110 cm³/mol. The van der Waals surface area contributed by atoms with E-state index in [2.05, 4.69) is 31.5 Å². The van der Waals surface area contributed by atoms with Crippen LogP contribution in [-0.4, -0.2) is 30.9 Å². The summed E-state index contributed by atoms with van der Waals surface area (Å²) < 4.78 is 5.67. The summed E-state index contributed by atoms with van der Waals surface area (Å²) in [5.74, 6) is -0.393. The molecule has 3 aromatic rings. The van der Waals surface area contributed by atoms with Gasteiger partial charge in [0.1, 0.15) is 0 Å². The Balaban J connectivity index is 1.55. The predicted octanol–water partition coefficient (Wildman–Crippen LogP) is 4.00. The number of hydrogen-bond donors (Lipinski definition) is 2. The van der Waals surface area contributed by atoms with E-state index in [1.165, 1.54) is 11.3 Å². The fourth-order valence-electron chi connectivity index (χ4n) is 2.25. The van der Waals surface area contributed by atoms with Gasteiger partial charge < -0.3 is 14.6 Å². The van der Waals surface area contributed by atoms with Crippen molar-refractivity contribution in [3.05, 3.63) is 57.9 Å². The molecule has 3 rings (SSSR count). The van der Waals surface area contributed by atoms with Gasteiger partial charge in [-0.1, -0.05) is 0 Å². The lowest BCUT2D eigenvalue weighted by atomic mass is 10.2. The molecule has 0 fully saturated rings. The van der Waals surface area contributed by atoms with Gasteiger partial charge in [-0.05, 0) is 52.3 Å². The molecule has 0 bridgehead atoms. The van der Waals surface area contributed by atoms with Crippen LogP contribution in [0.2, 0.25) is 0 Å². The molecule has 0 radical (unpaired) electrons. The van der Waals surface area contributed by atoms with Crippen molar-refractivity contribution in [2.45, 2.75) is 6.42 Å². The molecule has 0 aliphatic carbocycles. The zero-order chi connectivity index (χ0) is 19.4. The Morgan fingerprint density at radius 2 is 1.89 bits per heavy atom. The fraction of sp³-hybridized carbons (Fsp3) is 0.167. The highest BCUT2D eigenvalue weighted by atomic mass is 79.9. The normalized spacial score (nSPS) is 10.5. The second-order valence-electron chi connectivity index (χ2n) is 5.87. The Morgan fingerprint density at radius 1 is 1.15 bits per heavy atom. The Morgan fingerprint density at radius 3 is 2.52 bits per heavy atom. The number of hydrogen-bond acceptors (Lipinski definition) is 6. The fourth-order valence-corrected chi connectivity index (χ4v) is 3.27. The van der Waals surface area contributed by atoms with Crippen molar-refractivity contribution < 1.29 is 14.0 Å². The maximum absolute atomic E-state index is 12.2. The molecule has 9 heteroatoms. The Kier molecular flexibility index (Phi) is 5.92. The van der Waals surface area contributed by atoms with Crippen molar-refractivity contribution in [1.29, 1.82) is 0 Å². The molecule has 1 aromatic carbocycles. The topological polar surface area (TPSA) is 87.5 Å². The second-order valence-corrected chi connectivity index (χ2v) is 7.51. The first-order valence-electron chi connectivity index (χ1n) is 7.99. The number of benzene rings is 1. The highest BCUT2D eigenvalue weighted by molar-refractivity contribution is 9.10. The van der Waals surface area contributed by atoms with E-state index in [0.29, 0.717) is 15.5 Å². The van der Waals surface area contributed by atoms with Crippen LogP contribution in [0.1, 0.15) is 16.2 Å². The van der Waals surface area contributed by atoms with Crippen LogP contribution in [-0.2, 0) is 11.2 Å². The van der Waals surface area contributed by atoms with Crippen LogP contribution < -0.4 is 15.5 Å². The van der Waals surface area contributed by atoms with Crippen molar-refractivity contribution in [3.63, 3.8) is 0 Å². The van der Waals surface area contributed by atoms with Crippen molar-refractivity contribution in [1.82, 2.24) is 4.98 Å². The van der Waals surface area contributed by atoms with E-state index in [1.807, 2.05) is 43.3 Å². The smallest absolute Gasteiger partial charge is 0.293 e. The number of amides is 2. The van der Waals surface area contributed by atoms with E-state index in [1.54, 1.807) is 17.5 Å². The molecule has 2 aromatic heterocycles. The summed E-state index contributed by atoms with van der Waals surface area (Å²) in [4.78, 5) is 30.5. The maximum atomic E-state index is 12.2. The molecule has 2 N–H and O–H groups in total. The largest absolute Gasteiger partial charge is 0.444 e. The summed E-state index contributed by atoms with van der Waals surface area (Å²) in [6, 6.07) is 10.8. The number of aromatic nitrogens is 1.